The van der Waals surface area contributed by atoms with Gasteiger partial charge in [0.15, 0.2) is 0 Å². The maximum atomic E-state index is 14.2. The number of para-hydroxylation sites is 1. The summed E-state index contributed by atoms with van der Waals surface area (Å²) in [5, 5.41) is 9.27. The van der Waals surface area contributed by atoms with E-state index in [2.05, 4.69) is 4.74 Å². The number of rotatable bonds is 6. The Bertz CT molecular complexity index is 914. The van der Waals surface area contributed by atoms with Crippen molar-refractivity contribution in [1.82, 2.24) is 0 Å². The number of phenolic OH excluding ortho intramolecular Hbond substituents is 1. The van der Waals surface area contributed by atoms with Crippen molar-refractivity contribution in [2.75, 3.05) is 0 Å². The zero-order chi connectivity index (χ0) is 19.5. The van der Waals surface area contributed by atoms with Crippen LogP contribution in [-0.2, 0) is 5.92 Å². The van der Waals surface area contributed by atoms with Gasteiger partial charge in [-0.15, -0.1) is 0 Å². The van der Waals surface area contributed by atoms with Crippen LogP contribution < -0.4 is 9.47 Å². The van der Waals surface area contributed by atoms with Crippen molar-refractivity contribution in [3.05, 3.63) is 84.4 Å². The number of hydrogen-bond donors (Lipinski definition) is 1. The number of halogens is 4. The van der Waals surface area contributed by atoms with Crippen molar-refractivity contribution in [1.29, 1.82) is 0 Å². The van der Waals surface area contributed by atoms with E-state index in [0.717, 1.165) is 30.3 Å². The topological polar surface area (TPSA) is 38.7 Å². The quantitative estimate of drug-likeness (QED) is 0.539. The fourth-order valence-electron chi connectivity index (χ4n) is 2.31. The van der Waals surface area contributed by atoms with Gasteiger partial charge in [0, 0.05) is 11.6 Å². The third-order valence-electron chi connectivity index (χ3n) is 3.60. The number of benzene rings is 3. The zero-order valence-electron chi connectivity index (χ0n) is 13.8. The Morgan fingerprint density at radius 3 is 2.00 bits per heavy atom. The fourth-order valence-corrected chi connectivity index (χ4v) is 2.31. The third kappa shape index (κ3) is 4.13. The molecule has 7 heteroatoms. The maximum Gasteiger partial charge on any atom is 0.469 e. The Morgan fingerprint density at radius 2 is 1.30 bits per heavy atom. The summed E-state index contributed by atoms with van der Waals surface area (Å²) in [6.07, 6.45) is -4.85. The summed E-state index contributed by atoms with van der Waals surface area (Å²) in [5.41, 5.74) is -1.07. The Hall–Kier alpha value is -3.22. The molecule has 3 rings (SSSR count). The molecule has 0 aliphatic carbocycles. The highest BCUT2D eigenvalue weighted by Crippen LogP contribution is 2.45. The molecule has 0 atom stereocenters. The number of hydrogen-bond acceptors (Lipinski definition) is 3. The van der Waals surface area contributed by atoms with Crippen molar-refractivity contribution in [2.24, 2.45) is 0 Å². The van der Waals surface area contributed by atoms with Crippen LogP contribution in [0.5, 0.6) is 23.0 Å². The van der Waals surface area contributed by atoms with Gasteiger partial charge in [-0.05, 0) is 36.4 Å². The summed E-state index contributed by atoms with van der Waals surface area (Å²) in [6.45, 7) is 0. The molecule has 0 unspecified atom stereocenters. The van der Waals surface area contributed by atoms with Gasteiger partial charge in [-0.2, -0.15) is 17.6 Å². The molecule has 0 fully saturated rings. The van der Waals surface area contributed by atoms with Crippen LogP contribution in [0.3, 0.4) is 0 Å². The number of alkyl halides is 4. The molecule has 27 heavy (non-hydrogen) atoms. The summed E-state index contributed by atoms with van der Waals surface area (Å²) in [7, 11) is 0. The lowest BCUT2D eigenvalue weighted by atomic mass is 10.1. The van der Waals surface area contributed by atoms with Crippen LogP contribution in [0.1, 0.15) is 5.56 Å². The molecule has 3 nitrogen and oxygen atoms in total. The van der Waals surface area contributed by atoms with E-state index in [9.17, 15) is 22.7 Å². The Balaban J connectivity index is 1.82. The van der Waals surface area contributed by atoms with E-state index < -0.39 is 29.1 Å². The van der Waals surface area contributed by atoms with Gasteiger partial charge in [-0.1, -0.05) is 36.4 Å². The number of aromatic hydroxyl groups is 1. The molecule has 3 aromatic carbocycles. The van der Waals surface area contributed by atoms with Crippen molar-refractivity contribution >= 4 is 0 Å². The first-order chi connectivity index (χ1) is 12.8. The van der Waals surface area contributed by atoms with Crippen LogP contribution in [0.4, 0.5) is 17.6 Å². The predicted octanol–water partition coefficient (Wildman–Crippen LogP) is 5.95. The largest absolute Gasteiger partial charge is 0.508 e. The molecule has 0 heterocycles. The first-order valence-corrected chi connectivity index (χ1v) is 7.85. The van der Waals surface area contributed by atoms with E-state index >= 15 is 0 Å². The van der Waals surface area contributed by atoms with E-state index in [1.165, 1.54) is 12.1 Å². The lowest BCUT2D eigenvalue weighted by Gasteiger charge is -2.27. The molecule has 0 aromatic heterocycles. The smallest absolute Gasteiger partial charge is 0.469 e. The van der Waals surface area contributed by atoms with Gasteiger partial charge in [-0.3, -0.25) is 0 Å². The lowest BCUT2D eigenvalue weighted by molar-refractivity contribution is -0.316. The number of phenols is 1. The van der Waals surface area contributed by atoms with Gasteiger partial charge in [-0.25, -0.2) is 0 Å². The van der Waals surface area contributed by atoms with E-state index in [-0.39, 0.29) is 5.75 Å². The second-order valence-electron chi connectivity index (χ2n) is 5.63. The van der Waals surface area contributed by atoms with Crippen LogP contribution in [0.2, 0.25) is 0 Å². The van der Waals surface area contributed by atoms with Gasteiger partial charge in [0.2, 0.25) is 0 Å². The first-order valence-electron chi connectivity index (χ1n) is 7.85. The minimum Gasteiger partial charge on any atom is -0.508 e. The summed E-state index contributed by atoms with van der Waals surface area (Å²) < 4.78 is 66.6. The van der Waals surface area contributed by atoms with Gasteiger partial charge < -0.3 is 14.6 Å². The molecule has 0 bridgehead atoms. The Labute approximate surface area is 152 Å². The summed E-state index contributed by atoms with van der Waals surface area (Å²) in [4.78, 5) is 0. The van der Waals surface area contributed by atoms with Gasteiger partial charge >= 0.3 is 12.0 Å². The highest BCUT2D eigenvalue weighted by atomic mass is 19.3. The standard InChI is InChI=1S/C20H14F4O3/c21-19(22,14-6-4-7-15(25)12-14)20(23,24)27-18-11-5-10-17(13-18)26-16-8-2-1-3-9-16/h1-13,25H. The molecule has 0 amide bonds. The second kappa shape index (κ2) is 7.19. The molecule has 1 N–H and O–H groups in total. The van der Waals surface area contributed by atoms with Crippen molar-refractivity contribution in [3.63, 3.8) is 0 Å². The Kier molecular flexibility index (Phi) is 4.94. The van der Waals surface area contributed by atoms with Crippen LogP contribution >= 0.6 is 0 Å². The van der Waals surface area contributed by atoms with Crippen LogP contribution in [0, 0.1) is 0 Å². The van der Waals surface area contributed by atoms with E-state index in [1.807, 2.05) is 0 Å². The van der Waals surface area contributed by atoms with E-state index in [1.54, 1.807) is 30.3 Å². The zero-order valence-corrected chi connectivity index (χ0v) is 13.8. The van der Waals surface area contributed by atoms with Gasteiger partial charge in [0.25, 0.3) is 0 Å². The molecular weight excluding hydrogens is 364 g/mol. The molecule has 140 valence electrons. The molecule has 0 aliphatic rings. The monoisotopic (exact) mass is 378 g/mol. The Morgan fingerprint density at radius 1 is 0.667 bits per heavy atom. The summed E-state index contributed by atoms with van der Waals surface area (Å²) in [5.74, 6) is -5.11. The minimum atomic E-state index is -4.85. The minimum absolute atomic E-state index is 0.148. The molecule has 0 saturated carbocycles. The maximum absolute atomic E-state index is 14.2. The predicted molar refractivity (Wildman–Crippen MR) is 90.5 cm³/mol. The molecule has 0 radical (unpaired) electrons. The number of ether oxygens (including phenoxy) is 2. The summed E-state index contributed by atoms with van der Waals surface area (Å²) in [6, 6.07) is 17.0. The third-order valence-corrected chi connectivity index (χ3v) is 3.60. The summed E-state index contributed by atoms with van der Waals surface area (Å²) >= 11 is 0. The second-order valence-corrected chi connectivity index (χ2v) is 5.63. The van der Waals surface area contributed by atoms with Crippen molar-refractivity contribution < 1.29 is 32.1 Å². The molecular formula is C20H14F4O3. The van der Waals surface area contributed by atoms with Gasteiger partial charge in [0.1, 0.15) is 23.0 Å². The highest BCUT2D eigenvalue weighted by molar-refractivity contribution is 5.37. The first kappa shape index (κ1) is 18.6. The van der Waals surface area contributed by atoms with Gasteiger partial charge in [0.05, 0.1) is 0 Å². The van der Waals surface area contributed by atoms with E-state index in [0.29, 0.717) is 11.8 Å². The fraction of sp³-hybridized carbons (Fsp3) is 0.100. The van der Waals surface area contributed by atoms with Crippen molar-refractivity contribution in [2.45, 2.75) is 12.0 Å². The normalized spacial score (nSPS) is 11.9. The SMILES string of the molecule is Oc1cccc(C(F)(F)C(F)(F)Oc2cccc(Oc3ccccc3)c2)c1. The van der Waals surface area contributed by atoms with Crippen LogP contribution in [0.25, 0.3) is 0 Å². The highest BCUT2D eigenvalue weighted by Gasteiger charge is 2.60. The molecule has 0 aliphatic heterocycles. The molecule has 0 saturated heterocycles. The lowest BCUT2D eigenvalue weighted by Crippen LogP contribution is -2.43. The van der Waals surface area contributed by atoms with Crippen molar-refractivity contribution in [3.8, 4) is 23.0 Å². The van der Waals surface area contributed by atoms with E-state index in [4.69, 9.17) is 4.74 Å². The molecule has 3 aromatic rings. The van der Waals surface area contributed by atoms with Crippen LogP contribution in [-0.4, -0.2) is 11.2 Å². The molecule has 0 spiro atoms. The average molecular weight is 378 g/mol. The average Bonchev–Trinajstić information content (AvgIpc) is 2.62. The van der Waals surface area contributed by atoms with Crippen LogP contribution in [0.15, 0.2) is 78.9 Å².